The molecule has 0 atom stereocenters. The maximum absolute atomic E-state index is 11.4. The van der Waals surface area contributed by atoms with Crippen LogP contribution in [0.15, 0.2) is 24.3 Å². The van der Waals surface area contributed by atoms with Crippen LogP contribution in [0.1, 0.15) is 24.5 Å². The number of urea groups is 1. The van der Waals surface area contributed by atoms with Crippen molar-refractivity contribution in [2.45, 2.75) is 26.5 Å². The van der Waals surface area contributed by atoms with Crippen molar-refractivity contribution in [1.82, 2.24) is 10.6 Å². The van der Waals surface area contributed by atoms with Gasteiger partial charge in [-0.2, -0.15) is 0 Å². The number of carboxylic acids is 1. The van der Waals surface area contributed by atoms with Gasteiger partial charge < -0.3 is 20.5 Å². The number of rotatable bonds is 8. The highest BCUT2D eigenvalue weighted by Gasteiger charge is 2.02. The molecule has 6 nitrogen and oxygen atoms in total. The Labute approximate surface area is 118 Å². The molecule has 1 aromatic carbocycles. The van der Waals surface area contributed by atoms with Gasteiger partial charge in [-0.15, -0.1) is 0 Å². The summed E-state index contributed by atoms with van der Waals surface area (Å²) < 4.78 is 5.29. The molecule has 0 spiro atoms. The van der Waals surface area contributed by atoms with Gasteiger partial charge in [-0.05, 0) is 18.1 Å². The van der Waals surface area contributed by atoms with Crippen molar-refractivity contribution in [3.8, 4) is 0 Å². The maximum Gasteiger partial charge on any atom is 0.315 e. The molecule has 0 aliphatic heterocycles. The van der Waals surface area contributed by atoms with Gasteiger partial charge in [-0.25, -0.2) is 4.79 Å². The Balaban J connectivity index is 2.27. The highest BCUT2D eigenvalue weighted by Crippen LogP contribution is 2.05. The van der Waals surface area contributed by atoms with Crippen molar-refractivity contribution in [3.05, 3.63) is 35.4 Å². The van der Waals surface area contributed by atoms with Crippen molar-refractivity contribution < 1.29 is 19.4 Å². The Morgan fingerprint density at radius 1 is 1.15 bits per heavy atom. The van der Waals surface area contributed by atoms with Gasteiger partial charge in [0.2, 0.25) is 0 Å². The standard InChI is InChI=1S/C14H20N2O4/c1-2-20-10-12-5-3-11(4-6-12)9-16-14(19)15-8-7-13(17)18/h3-6H,2,7-10H2,1H3,(H,17,18)(H2,15,16,19). The molecule has 1 aromatic rings. The van der Waals surface area contributed by atoms with Crippen LogP contribution in [0.25, 0.3) is 0 Å². The molecule has 20 heavy (non-hydrogen) atoms. The van der Waals surface area contributed by atoms with Crippen molar-refractivity contribution >= 4 is 12.0 Å². The van der Waals surface area contributed by atoms with Gasteiger partial charge in [0, 0.05) is 19.7 Å². The zero-order valence-corrected chi connectivity index (χ0v) is 11.5. The van der Waals surface area contributed by atoms with E-state index in [0.29, 0.717) is 19.8 Å². The summed E-state index contributed by atoms with van der Waals surface area (Å²) in [5.74, 6) is -0.935. The average Bonchev–Trinajstić information content (AvgIpc) is 2.43. The number of amides is 2. The largest absolute Gasteiger partial charge is 0.481 e. The van der Waals surface area contributed by atoms with E-state index in [1.807, 2.05) is 31.2 Å². The molecular formula is C14H20N2O4. The first-order valence-corrected chi connectivity index (χ1v) is 6.51. The fourth-order valence-electron chi connectivity index (χ4n) is 1.50. The number of benzene rings is 1. The van der Waals surface area contributed by atoms with Crippen LogP contribution >= 0.6 is 0 Å². The van der Waals surface area contributed by atoms with Crippen LogP contribution in [0.2, 0.25) is 0 Å². The van der Waals surface area contributed by atoms with Gasteiger partial charge in [0.25, 0.3) is 0 Å². The van der Waals surface area contributed by atoms with Gasteiger partial charge in [0.1, 0.15) is 0 Å². The third-order valence-corrected chi connectivity index (χ3v) is 2.57. The minimum Gasteiger partial charge on any atom is -0.481 e. The summed E-state index contributed by atoms with van der Waals surface area (Å²) >= 11 is 0. The van der Waals surface area contributed by atoms with E-state index >= 15 is 0 Å². The van der Waals surface area contributed by atoms with Gasteiger partial charge >= 0.3 is 12.0 Å². The maximum atomic E-state index is 11.4. The molecule has 0 aliphatic carbocycles. The van der Waals surface area contributed by atoms with Crippen LogP contribution in [0.3, 0.4) is 0 Å². The third-order valence-electron chi connectivity index (χ3n) is 2.57. The number of carbonyl (C=O) groups is 2. The molecule has 2 amide bonds. The minimum atomic E-state index is -0.935. The quantitative estimate of drug-likeness (QED) is 0.673. The van der Waals surface area contributed by atoms with Crippen molar-refractivity contribution in [3.63, 3.8) is 0 Å². The Hall–Kier alpha value is -2.08. The van der Waals surface area contributed by atoms with Crippen LogP contribution in [0.5, 0.6) is 0 Å². The molecule has 1 rings (SSSR count). The predicted octanol–water partition coefficient (Wildman–Crippen LogP) is 1.50. The Morgan fingerprint density at radius 2 is 1.80 bits per heavy atom. The summed E-state index contributed by atoms with van der Waals surface area (Å²) in [6, 6.07) is 7.38. The molecule has 110 valence electrons. The first-order valence-electron chi connectivity index (χ1n) is 6.51. The highest BCUT2D eigenvalue weighted by atomic mass is 16.5. The molecular weight excluding hydrogens is 260 g/mol. The summed E-state index contributed by atoms with van der Waals surface area (Å²) in [5, 5.41) is 13.6. The van der Waals surface area contributed by atoms with Crippen LogP contribution in [0, 0.1) is 0 Å². The van der Waals surface area contributed by atoms with E-state index in [1.165, 1.54) is 0 Å². The number of carboxylic acid groups (broad SMARTS) is 1. The van der Waals surface area contributed by atoms with Crippen molar-refractivity contribution in [2.75, 3.05) is 13.2 Å². The topological polar surface area (TPSA) is 87.7 Å². The van der Waals surface area contributed by atoms with E-state index in [2.05, 4.69) is 10.6 Å². The Kier molecular flexibility index (Phi) is 7.13. The van der Waals surface area contributed by atoms with Gasteiger partial charge in [-0.1, -0.05) is 24.3 Å². The number of carbonyl (C=O) groups excluding carboxylic acids is 1. The highest BCUT2D eigenvalue weighted by molar-refractivity contribution is 5.74. The fraction of sp³-hybridized carbons (Fsp3) is 0.429. The second kappa shape index (κ2) is 8.92. The second-order valence-electron chi connectivity index (χ2n) is 4.21. The number of hydrogen-bond donors (Lipinski definition) is 3. The van der Waals surface area contributed by atoms with E-state index in [1.54, 1.807) is 0 Å². The lowest BCUT2D eigenvalue weighted by atomic mass is 10.1. The number of ether oxygens (including phenoxy) is 1. The Morgan fingerprint density at radius 3 is 2.40 bits per heavy atom. The first kappa shape index (κ1) is 16.0. The SMILES string of the molecule is CCOCc1ccc(CNC(=O)NCCC(=O)O)cc1. The van der Waals surface area contributed by atoms with Gasteiger partial charge in [-0.3, -0.25) is 4.79 Å². The van der Waals surface area contributed by atoms with E-state index < -0.39 is 5.97 Å². The van der Waals surface area contributed by atoms with E-state index in [0.717, 1.165) is 11.1 Å². The zero-order valence-electron chi connectivity index (χ0n) is 11.5. The summed E-state index contributed by atoms with van der Waals surface area (Å²) in [5.41, 5.74) is 2.06. The molecule has 0 heterocycles. The Bertz CT molecular complexity index is 431. The second-order valence-corrected chi connectivity index (χ2v) is 4.21. The van der Waals surface area contributed by atoms with Gasteiger partial charge in [0.05, 0.1) is 13.0 Å². The average molecular weight is 280 g/mol. The third kappa shape index (κ3) is 6.75. The van der Waals surface area contributed by atoms with E-state index in [9.17, 15) is 9.59 Å². The van der Waals surface area contributed by atoms with E-state index in [4.69, 9.17) is 9.84 Å². The lowest BCUT2D eigenvalue weighted by molar-refractivity contribution is -0.136. The van der Waals surface area contributed by atoms with Gasteiger partial charge in [0.15, 0.2) is 0 Å². The molecule has 3 N–H and O–H groups in total. The zero-order chi connectivity index (χ0) is 14.8. The molecule has 0 saturated carbocycles. The summed E-state index contributed by atoms with van der Waals surface area (Å²) in [7, 11) is 0. The number of nitrogens with one attached hydrogen (secondary N) is 2. The monoisotopic (exact) mass is 280 g/mol. The fourth-order valence-corrected chi connectivity index (χ4v) is 1.50. The summed E-state index contributed by atoms with van der Waals surface area (Å²) in [6.45, 7) is 3.73. The molecule has 0 saturated heterocycles. The minimum absolute atomic E-state index is 0.0838. The molecule has 0 aliphatic rings. The van der Waals surface area contributed by atoms with Crippen LogP contribution < -0.4 is 10.6 Å². The van der Waals surface area contributed by atoms with Crippen LogP contribution in [-0.4, -0.2) is 30.3 Å². The lowest BCUT2D eigenvalue weighted by Gasteiger charge is -2.07. The van der Waals surface area contributed by atoms with Crippen LogP contribution in [-0.2, 0) is 22.7 Å². The van der Waals surface area contributed by atoms with Crippen molar-refractivity contribution in [1.29, 1.82) is 0 Å². The molecule has 0 unspecified atom stereocenters. The summed E-state index contributed by atoms with van der Waals surface area (Å²) in [4.78, 5) is 21.7. The number of aliphatic carboxylic acids is 1. The summed E-state index contributed by atoms with van der Waals surface area (Å²) in [6.07, 6.45) is -0.0838. The molecule has 0 radical (unpaired) electrons. The van der Waals surface area contributed by atoms with Crippen molar-refractivity contribution in [2.24, 2.45) is 0 Å². The first-order chi connectivity index (χ1) is 9.61. The van der Waals surface area contributed by atoms with E-state index in [-0.39, 0.29) is 19.0 Å². The molecule has 0 bridgehead atoms. The predicted molar refractivity (Wildman–Crippen MR) is 74.3 cm³/mol. The number of hydrogen-bond acceptors (Lipinski definition) is 3. The molecule has 0 fully saturated rings. The smallest absolute Gasteiger partial charge is 0.315 e. The van der Waals surface area contributed by atoms with Crippen LogP contribution in [0.4, 0.5) is 4.79 Å². The normalized spacial score (nSPS) is 10.1. The molecule has 6 heteroatoms. The molecule has 0 aromatic heterocycles. The lowest BCUT2D eigenvalue weighted by Crippen LogP contribution is -2.36.